The number of unbranched alkanes of at least 4 members (excludes halogenated alkanes) is 8. The summed E-state index contributed by atoms with van der Waals surface area (Å²) in [7, 11) is 0. The van der Waals surface area contributed by atoms with Crippen molar-refractivity contribution in [1.29, 1.82) is 0 Å². The highest BCUT2D eigenvalue weighted by Crippen LogP contribution is 2.10. The number of hydrogen-bond donors (Lipinski definition) is 3. The van der Waals surface area contributed by atoms with E-state index >= 15 is 0 Å². The van der Waals surface area contributed by atoms with E-state index in [0.717, 1.165) is 25.7 Å². The van der Waals surface area contributed by atoms with Crippen LogP contribution in [-0.4, -0.2) is 46.1 Å². The van der Waals surface area contributed by atoms with Crippen molar-refractivity contribution in [2.45, 2.75) is 123 Å². The summed E-state index contributed by atoms with van der Waals surface area (Å²) in [5, 5.41) is 27.1. The molecule has 0 heterocycles. The summed E-state index contributed by atoms with van der Waals surface area (Å²) in [5.41, 5.74) is 0. The Morgan fingerprint density at radius 1 is 0.714 bits per heavy atom. The average Bonchev–Trinajstić information content (AvgIpc) is 2.61. The third kappa shape index (κ3) is 24.9. The van der Waals surface area contributed by atoms with Crippen LogP contribution in [0.25, 0.3) is 0 Å². The molecule has 0 aliphatic carbocycles. The maximum Gasteiger partial charge on any atom is 0.308 e. The summed E-state index contributed by atoms with van der Waals surface area (Å²) >= 11 is 0. The minimum atomic E-state index is -0.916. The molecule has 0 unspecified atom stereocenters. The van der Waals surface area contributed by atoms with Gasteiger partial charge in [0.1, 0.15) is 0 Å². The molecule has 168 valence electrons. The van der Waals surface area contributed by atoms with E-state index in [-0.39, 0.29) is 18.8 Å². The number of rotatable bonds is 17. The van der Waals surface area contributed by atoms with Gasteiger partial charge in [-0.05, 0) is 19.8 Å². The van der Waals surface area contributed by atoms with Gasteiger partial charge in [0.15, 0.2) is 0 Å². The molecule has 0 saturated heterocycles. The first-order valence-electron chi connectivity index (χ1n) is 11.1. The van der Waals surface area contributed by atoms with Gasteiger partial charge in [0.25, 0.3) is 0 Å². The predicted molar refractivity (Wildman–Crippen MR) is 112 cm³/mol. The Kier molecular flexibility index (Phi) is 23.0. The third-order valence-electron chi connectivity index (χ3n) is 4.40. The summed E-state index contributed by atoms with van der Waals surface area (Å²) in [5.74, 6) is -1.21. The molecule has 0 spiro atoms. The van der Waals surface area contributed by atoms with Crippen LogP contribution in [0.5, 0.6) is 0 Å². The topological polar surface area (TPSA) is 104 Å². The van der Waals surface area contributed by atoms with Crippen LogP contribution in [0.15, 0.2) is 0 Å². The molecule has 3 N–H and O–H groups in total. The molecule has 28 heavy (non-hydrogen) atoms. The van der Waals surface area contributed by atoms with Gasteiger partial charge in [-0.2, -0.15) is 0 Å². The molecule has 6 heteroatoms. The lowest BCUT2D eigenvalue weighted by atomic mass is 10.1. The van der Waals surface area contributed by atoms with Crippen LogP contribution >= 0.6 is 0 Å². The summed E-state index contributed by atoms with van der Waals surface area (Å²) in [6, 6.07) is 0. The molecule has 0 bridgehead atoms. The first-order valence-corrected chi connectivity index (χ1v) is 11.1. The first-order chi connectivity index (χ1) is 13.4. The van der Waals surface area contributed by atoms with E-state index < -0.39 is 18.2 Å². The molecular weight excluding hydrogens is 360 g/mol. The molecular formula is C22H44O6. The van der Waals surface area contributed by atoms with Crippen molar-refractivity contribution in [3.8, 4) is 0 Å². The van der Waals surface area contributed by atoms with Gasteiger partial charge in [-0.1, -0.05) is 78.1 Å². The molecule has 0 fully saturated rings. The fourth-order valence-electron chi connectivity index (χ4n) is 2.79. The van der Waals surface area contributed by atoms with Crippen molar-refractivity contribution in [1.82, 2.24) is 0 Å². The third-order valence-corrected chi connectivity index (χ3v) is 4.40. The number of aliphatic carboxylic acids is 1. The second-order valence-electron chi connectivity index (χ2n) is 7.32. The monoisotopic (exact) mass is 404 g/mol. The zero-order chi connectivity index (χ0) is 21.6. The Bertz CT molecular complexity index is 359. The minimum absolute atomic E-state index is 0.117. The number of carboxylic acids is 1. The Morgan fingerprint density at radius 3 is 1.54 bits per heavy atom. The van der Waals surface area contributed by atoms with Gasteiger partial charge >= 0.3 is 11.9 Å². The van der Waals surface area contributed by atoms with Crippen LogP contribution in [0.3, 0.4) is 0 Å². The van der Waals surface area contributed by atoms with Gasteiger partial charge in [0.2, 0.25) is 0 Å². The number of aliphatic hydroxyl groups is 2. The highest BCUT2D eigenvalue weighted by atomic mass is 16.5. The van der Waals surface area contributed by atoms with E-state index in [1.54, 1.807) is 6.92 Å². The van der Waals surface area contributed by atoms with Crippen LogP contribution < -0.4 is 0 Å². The van der Waals surface area contributed by atoms with Crippen molar-refractivity contribution in [3.63, 3.8) is 0 Å². The predicted octanol–water partition coefficient (Wildman–Crippen LogP) is 4.84. The highest BCUT2D eigenvalue weighted by molar-refractivity contribution is 5.69. The molecule has 0 amide bonds. The summed E-state index contributed by atoms with van der Waals surface area (Å²) in [6.07, 6.45) is 11.7. The quantitative estimate of drug-likeness (QED) is 0.237. The Labute approximate surface area is 171 Å². The van der Waals surface area contributed by atoms with Gasteiger partial charge in [-0.15, -0.1) is 0 Å². The lowest BCUT2D eigenvalue weighted by Gasteiger charge is -2.09. The molecule has 6 nitrogen and oxygen atoms in total. The second-order valence-corrected chi connectivity index (χ2v) is 7.32. The van der Waals surface area contributed by atoms with Crippen molar-refractivity contribution in [3.05, 3.63) is 0 Å². The number of carbonyl (C=O) groups is 2. The van der Waals surface area contributed by atoms with E-state index in [1.165, 1.54) is 38.5 Å². The Balaban J connectivity index is 0. The first kappa shape index (κ1) is 29.1. The van der Waals surface area contributed by atoms with Crippen molar-refractivity contribution >= 4 is 11.9 Å². The largest absolute Gasteiger partial charge is 0.481 e. The van der Waals surface area contributed by atoms with E-state index in [2.05, 4.69) is 13.8 Å². The fourth-order valence-corrected chi connectivity index (χ4v) is 2.79. The number of carboxylic acid groups (broad SMARTS) is 1. The lowest BCUT2D eigenvalue weighted by Crippen LogP contribution is -2.15. The number of ether oxygens (including phenoxy) is 1. The zero-order valence-corrected chi connectivity index (χ0v) is 18.3. The van der Waals surface area contributed by atoms with Crippen molar-refractivity contribution in [2.75, 3.05) is 6.61 Å². The molecule has 2 atom stereocenters. The Hall–Kier alpha value is -1.14. The molecule has 0 radical (unpaired) electrons. The number of carbonyl (C=O) groups excluding carboxylic acids is 1. The minimum Gasteiger partial charge on any atom is -0.481 e. The molecule has 0 aliphatic rings. The highest BCUT2D eigenvalue weighted by Gasteiger charge is 2.10. The van der Waals surface area contributed by atoms with Crippen LogP contribution in [0, 0.1) is 0 Å². The maximum absolute atomic E-state index is 11.0. The Morgan fingerprint density at radius 2 is 1.14 bits per heavy atom. The molecule has 0 aliphatic heterocycles. The summed E-state index contributed by atoms with van der Waals surface area (Å²) in [6.45, 7) is 6.49. The zero-order valence-electron chi connectivity index (χ0n) is 18.3. The fraction of sp³-hybridized carbons (Fsp3) is 0.909. The second kappa shape index (κ2) is 22.2. The molecule has 0 rings (SSSR count). The van der Waals surface area contributed by atoms with E-state index in [9.17, 15) is 19.8 Å². The normalized spacial score (nSPS) is 12.6. The SMILES string of the molecule is CCCCCCC[C@@H](O)CC(=O)O.CCCCCCC[C@@H](O)CC(=O)OCC. The van der Waals surface area contributed by atoms with Gasteiger partial charge in [-0.3, -0.25) is 9.59 Å². The average molecular weight is 405 g/mol. The molecule has 0 aromatic rings. The number of hydrogen-bond acceptors (Lipinski definition) is 5. The molecule has 0 aromatic carbocycles. The van der Waals surface area contributed by atoms with Gasteiger partial charge in [0, 0.05) is 0 Å². The van der Waals surface area contributed by atoms with Crippen molar-refractivity contribution in [2.24, 2.45) is 0 Å². The summed E-state index contributed by atoms with van der Waals surface area (Å²) < 4.78 is 4.76. The van der Waals surface area contributed by atoms with E-state index in [0.29, 0.717) is 19.4 Å². The van der Waals surface area contributed by atoms with Crippen LogP contribution in [0.1, 0.15) is 111 Å². The van der Waals surface area contributed by atoms with Crippen molar-refractivity contribution < 1.29 is 29.6 Å². The number of aliphatic hydroxyl groups excluding tert-OH is 2. The lowest BCUT2D eigenvalue weighted by molar-refractivity contribution is -0.145. The standard InChI is InChI=1S/C12H24O3.C10H20O3/c1-3-5-6-7-8-9-11(13)10-12(14)15-4-2;1-2-3-4-5-6-7-9(11)8-10(12)13/h11,13H,3-10H2,1-2H3;9,11H,2-8H2,1H3,(H,12,13)/t11-;9-/m11/s1. The summed E-state index contributed by atoms with van der Waals surface area (Å²) in [4.78, 5) is 21.2. The van der Waals surface area contributed by atoms with Crippen LogP contribution in [0.2, 0.25) is 0 Å². The van der Waals surface area contributed by atoms with Gasteiger partial charge < -0.3 is 20.1 Å². The smallest absolute Gasteiger partial charge is 0.308 e. The van der Waals surface area contributed by atoms with Crippen LogP contribution in [-0.2, 0) is 14.3 Å². The molecule has 0 aromatic heterocycles. The van der Waals surface area contributed by atoms with E-state index in [1.807, 2.05) is 0 Å². The van der Waals surface area contributed by atoms with Gasteiger partial charge in [-0.25, -0.2) is 0 Å². The maximum atomic E-state index is 11.0. The van der Waals surface area contributed by atoms with Gasteiger partial charge in [0.05, 0.1) is 31.7 Å². The molecule has 0 saturated carbocycles. The number of esters is 1. The van der Waals surface area contributed by atoms with Crippen LogP contribution in [0.4, 0.5) is 0 Å². The van der Waals surface area contributed by atoms with E-state index in [4.69, 9.17) is 9.84 Å².